The van der Waals surface area contributed by atoms with Crippen LogP contribution in [0.3, 0.4) is 0 Å². The maximum Gasteiger partial charge on any atom is 0.136 e. The first-order valence-corrected chi connectivity index (χ1v) is 8.23. The van der Waals surface area contributed by atoms with Crippen molar-refractivity contribution in [3.63, 3.8) is 0 Å². The summed E-state index contributed by atoms with van der Waals surface area (Å²) in [5.41, 5.74) is 1.94. The van der Waals surface area contributed by atoms with E-state index in [-0.39, 0.29) is 6.10 Å². The third-order valence-corrected chi connectivity index (χ3v) is 4.31. The van der Waals surface area contributed by atoms with E-state index in [2.05, 4.69) is 20.6 Å². The third-order valence-electron chi connectivity index (χ3n) is 3.90. The van der Waals surface area contributed by atoms with Crippen LogP contribution in [0.4, 0.5) is 17.3 Å². The zero-order valence-corrected chi connectivity index (χ0v) is 14.2. The summed E-state index contributed by atoms with van der Waals surface area (Å²) in [4.78, 5) is 8.88. The molecule has 1 unspecified atom stereocenters. The zero-order chi connectivity index (χ0) is 16.2. The van der Waals surface area contributed by atoms with Crippen molar-refractivity contribution in [2.45, 2.75) is 32.8 Å². The number of rotatable bonds is 5. The minimum atomic E-state index is 0.275. The minimum Gasteiger partial charge on any atom is -0.376 e. The number of aryl methyl sites for hydroxylation is 1. The van der Waals surface area contributed by atoms with Gasteiger partial charge in [-0.25, -0.2) is 9.97 Å². The van der Waals surface area contributed by atoms with Gasteiger partial charge >= 0.3 is 0 Å². The number of anilines is 3. The molecule has 0 amide bonds. The molecule has 0 spiro atoms. The minimum absolute atomic E-state index is 0.275. The van der Waals surface area contributed by atoms with Crippen molar-refractivity contribution >= 4 is 28.9 Å². The second-order valence-corrected chi connectivity index (χ2v) is 6.15. The number of hydrogen-bond donors (Lipinski definition) is 2. The fourth-order valence-electron chi connectivity index (χ4n) is 2.63. The average Bonchev–Trinajstić information content (AvgIpc) is 3.03. The van der Waals surface area contributed by atoms with Crippen molar-refractivity contribution in [1.82, 2.24) is 9.97 Å². The molecule has 1 fully saturated rings. The Morgan fingerprint density at radius 3 is 2.87 bits per heavy atom. The first kappa shape index (κ1) is 16.0. The number of hydrogen-bond acceptors (Lipinski definition) is 5. The predicted octanol–water partition coefficient (Wildman–Crippen LogP) is 4.08. The normalized spacial score (nSPS) is 17.3. The van der Waals surface area contributed by atoms with Gasteiger partial charge < -0.3 is 15.4 Å². The van der Waals surface area contributed by atoms with Gasteiger partial charge in [-0.2, -0.15) is 0 Å². The maximum atomic E-state index is 6.17. The third kappa shape index (κ3) is 4.12. The van der Waals surface area contributed by atoms with Gasteiger partial charge in [-0.05, 0) is 44.4 Å². The SMILES string of the molecule is Cc1nc(NCC2CCCO2)cc(Nc2cccc(Cl)c2C)n1. The summed E-state index contributed by atoms with van der Waals surface area (Å²) in [5, 5.41) is 7.39. The van der Waals surface area contributed by atoms with Crippen LogP contribution in [0.2, 0.25) is 5.02 Å². The van der Waals surface area contributed by atoms with Crippen LogP contribution in [0, 0.1) is 13.8 Å². The number of benzene rings is 1. The Bertz CT molecular complexity index is 686. The van der Waals surface area contributed by atoms with E-state index in [1.165, 1.54) is 0 Å². The fraction of sp³-hybridized carbons (Fsp3) is 0.412. The molecule has 6 heteroatoms. The van der Waals surface area contributed by atoms with Crippen LogP contribution in [-0.2, 0) is 4.74 Å². The second kappa shape index (κ2) is 7.15. The zero-order valence-electron chi connectivity index (χ0n) is 13.4. The highest BCUT2D eigenvalue weighted by Gasteiger charge is 2.15. The largest absolute Gasteiger partial charge is 0.376 e. The van der Waals surface area contributed by atoms with Gasteiger partial charge in [0.2, 0.25) is 0 Å². The molecule has 2 aromatic rings. The summed E-state index contributed by atoms with van der Waals surface area (Å²) in [6.45, 7) is 5.49. The Kier molecular flexibility index (Phi) is 4.98. The molecule has 1 atom stereocenters. The lowest BCUT2D eigenvalue weighted by Gasteiger charge is -2.14. The molecule has 1 aliphatic rings. The van der Waals surface area contributed by atoms with Gasteiger partial charge in [-0.3, -0.25) is 0 Å². The molecule has 0 radical (unpaired) electrons. The monoisotopic (exact) mass is 332 g/mol. The van der Waals surface area contributed by atoms with Crippen molar-refractivity contribution < 1.29 is 4.74 Å². The van der Waals surface area contributed by atoms with E-state index in [1.807, 2.05) is 38.1 Å². The number of halogens is 1. The van der Waals surface area contributed by atoms with Gasteiger partial charge in [0.15, 0.2) is 0 Å². The maximum absolute atomic E-state index is 6.17. The second-order valence-electron chi connectivity index (χ2n) is 5.74. The van der Waals surface area contributed by atoms with Crippen LogP contribution in [-0.4, -0.2) is 29.2 Å². The molecule has 1 aliphatic heterocycles. The fourth-order valence-corrected chi connectivity index (χ4v) is 2.80. The highest BCUT2D eigenvalue weighted by molar-refractivity contribution is 6.31. The molecule has 1 aromatic carbocycles. The predicted molar refractivity (Wildman–Crippen MR) is 93.7 cm³/mol. The molecule has 1 aromatic heterocycles. The topological polar surface area (TPSA) is 59.1 Å². The summed E-state index contributed by atoms with van der Waals surface area (Å²) in [6, 6.07) is 7.69. The summed E-state index contributed by atoms with van der Waals surface area (Å²) in [5.74, 6) is 2.26. The standard InChI is InChI=1S/C17H21ClN4O/c1-11-14(18)6-3-7-15(11)22-17-9-16(20-12(2)21-17)19-10-13-5-4-8-23-13/h3,6-7,9,13H,4-5,8,10H2,1-2H3,(H2,19,20,21,22). The molecular weight excluding hydrogens is 312 g/mol. The molecule has 2 N–H and O–H groups in total. The Labute approximate surface area is 141 Å². The lowest BCUT2D eigenvalue weighted by atomic mass is 10.2. The van der Waals surface area contributed by atoms with Crippen LogP contribution < -0.4 is 10.6 Å². The highest BCUT2D eigenvalue weighted by atomic mass is 35.5. The van der Waals surface area contributed by atoms with Gasteiger partial charge in [-0.1, -0.05) is 17.7 Å². The molecule has 2 heterocycles. The Morgan fingerprint density at radius 1 is 1.26 bits per heavy atom. The number of nitrogens with zero attached hydrogens (tertiary/aromatic N) is 2. The van der Waals surface area contributed by atoms with E-state index in [4.69, 9.17) is 16.3 Å². The van der Waals surface area contributed by atoms with Crippen molar-refractivity contribution in [2.75, 3.05) is 23.8 Å². The molecule has 0 bridgehead atoms. The average molecular weight is 333 g/mol. The molecule has 23 heavy (non-hydrogen) atoms. The van der Waals surface area contributed by atoms with Gasteiger partial charge in [0, 0.05) is 29.9 Å². The van der Waals surface area contributed by atoms with Gasteiger partial charge in [-0.15, -0.1) is 0 Å². The Balaban J connectivity index is 1.73. The van der Waals surface area contributed by atoms with Gasteiger partial charge in [0.1, 0.15) is 17.5 Å². The smallest absolute Gasteiger partial charge is 0.136 e. The molecule has 122 valence electrons. The quantitative estimate of drug-likeness (QED) is 0.864. The van der Waals surface area contributed by atoms with Crippen molar-refractivity contribution in [2.24, 2.45) is 0 Å². The molecule has 3 rings (SSSR count). The van der Waals surface area contributed by atoms with Crippen LogP contribution in [0.5, 0.6) is 0 Å². The molecule has 0 saturated carbocycles. The van der Waals surface area contributed by atoms with Gasteiger partial charge in [0.25, 0.3) is 0 Å². The summed E-state index contributed by atoms with van der Waals surface area (Å²) in [6.07, 6.45) is 2.51. The summed E-state index contributed by atoms with van der Waals surface area (Å²) >= 11 is 6.17. The van der Waals surface area contributed by atoms with E-state index in [0.717, 1.165) is 53.9 Å². The first-order valence-electron chi connectivity index (χ1n) is 7.85. The molecule has 1 saturated heterocycles. The van der Waals surface area contributed by atoms with Gasteiger partial charge in [0.05, 0.1) is 6.10 Å². The van der Waals surface area contributed by atoms with E-state index < -0.39 is 0 Å². The van der Waals surface area contributed by atoms with E-state index in [9.17, 15) is 0 Å². The van der Waals surface area contributed by atoms with Crippen LogP contribution in [0.15, 0.2) is 24.3 Å². The Morgan fingerprint density at radius 2 is 2.09 bits per heavy atom. The number of ether oxygens (including phenoxy) is 1. The molecule has 5 nitrogen and oxygen atoms in total. The van der Waals surface area contributed by atoms with Crippen molar-refractivity contribution in [3.05, 3.63) is 40.7 Å². The lowest BCUT2D eigenvalue weighted by Crippen LogP contribution is -2.19. The molecular formula is C17H21ClN4O. The van der Waals surface area contributed by atoms with E-state index >= 15 is 0 Å². The van der Waals surface area contributed by atoms with Crippen molar-refractivity contribution in [1.29, 1.82) is 0 Å². The van der Waals surface area contributed by atoms with E-state index in [1.54, 1.807) is 0 Å². The highest BCUT2D eigenvalue weighted by Crippen LogP contribution is 2.26. The molecule has 0 aliphatic carbocycles. The number of nitrogens with one attached hydrogen (secondary N) is 2. The first-order chi connectivity index (χ1) is 11.1. The lowest BCUT2D eigenvalue weighted by molar-refractivity contribution is 0.120. The van der Waals surface area contributed by atoms with Crippen LogP contribution in [0.1, 0.15) is 24.2 Å². The Hall–Kier alpha value is -1.85. The van der Waals surface area contributed by atoms with Crippen LogP contribution >= 0.6 is 11.6 Å². The van der Waals surface area contributed by atoms with Crippen LogP contribution in [0.25, 0.3) is 0 Å². The van der Waals surface area contributed by atoms with Crippen molar-refractivity contribution in [3.8, 4) is 0 Å². The summed E-state index contributed by atoms with van der Waals surface area (Å²) < 4.78 is 5.62. The van der Waals surface area contributed by atoms with E-state index in [0.29, 0.717) is 5.82 Å². The summed E-state index contributed by atoms with van der Waals surface area (Å²) in [7, 11) is 0. The number of aromatic nitrogens is 2.